The Morgan fingerprint density at radius 2 is 2.31 bits per heavy atom. The molecule has 1 fully saturated rings. The van der Waals surface area contributed by atoms with Gasteiger partial charge in [-0.3, -0.25) is 4.98 Å². The lowest BCUT2D eigenvalue weighted by atomic mass is 10.2. The van der Waals surface area contributed by atoms with Gasteiger partial charge in [0.25, 0.3) is 0 Å². The van der Waals surface area contributed by atoms with Crippen LogP contribution >= 0.6 is 0 Å². The van der Waals surface area contributed by atoms with E-state index in [-0.39, 0.29) is 6.61 Å². The first-order valence-corrected chi connectivity index (χ1v) is 4.99. The molecule has 5 nitrogen and oxygen atoms in total. The van der Waals surface area contributed by atoms with Crippen LogP contribution in [0.4, 0.5) is 0 Å². The van der Waals surface area contributed by atoms with Crippen molar-refractivity contribution in [3.05, 3.63) is 30.1 Å². The minimum atomic E-state index is -3.78. The lowest BCUT2D eigenvalue weighted by molar-refractivity contribution is 0.236. The highest BCUT2D eigenvalue weighted by atomic mass is 32.3. The second-order valence-electron chi connectivity index (χ2n) is 2.53. The van der Waals surface area contributed by atoms with E-state index in [1.54, 1.807) is 24.4 Å². The zero-order chi connectivity index (χ0) is 9.31. The molecule has 1 atom stereocenters. The Bertz CT molecular complexity index is 388. The van der Waals surface area contributed by atoms with Gasteiger partial charge in [0.15, 0.2) is 0 Å². The second kappa shape index (κ2) is 3.06. The Kier molecular flexibility index (Phi) is 2.03. The van der Waals surface area contributed by atoms with E-state index in [9.17, 15) is 8.42 Å². The van der Waals surface area contributed by atoms with E-state index in [0.717, 1.165) is 0 Å². The lowest BCUT2D eigenvalue weighted by Crippen LogP contribution is -2.02. The fraction of sp³-hybridized carbons (Fsp3) is 0.286. The van der Waals surface area contributed by atoms with E-state index in [1.165, 1.54) is 0 Å². The van der Waals surface area contributed by atoms with Gasteiger partial charge >= 0.3 is 10.4 Å². The molecule has 0 aromatic carbocycles. The average Bonchev–Trinajstić information content (AvgIpc) is 2.48. The maximum Gasteiger partial charge on any atom is 0.400 e. The quantitative estimate of drug-likeness (QED) is 0.658. The SMILES string of the molecule is O=S1(=O)OCC(c2ccccn2)O1. The van der Waals surface area contributed by atoms with Crippen molar-refractivity contribution in [2.24, 2.45) is 0 Å². The first-order chi connectivity index (χ1) is 6.17. The van der Waals surface area contributed by atoms with Crippen LogP contribution in [0, 0.1) is 0 Å². The molecule has 70 valence electrons. The molecule has 0 amide bonds. The van der Waals surface area contributed by atoms with Crippen LogP contribution in [0.5, 0.6) is 0 Å². The molecule has 0 aliphatic carbocycles. The summed E-state index contributed by atoms with van der Waals surface area (Å²) >= 11 is 0. The molecule has 1 aliphatic rings. The second-order valence-corrected chi connectivity index (χ2v) is 3.78. The summed E-state index contributed by atoms with van der Waals surface area (Å²) in [6, 6.07) is 5.19. The van der Waals surface area contributed by atoms with Gasteiger partial charge in [-0.2, -0.15) is 8.42 Å². The van der Waals surface area contributed by atoms with Crippen molar-refractivity contribution < 1.29 is 16.8 Å². The Labute approximate surface area is 75.6 Å². The van der Waals surface area contributed by atoms with Crippen molar-refractivity contribution in [3.8, 4) is 0 Å². The molecule has 0 radical (unpaired) electrons. The molecule has 0 bridgehead atoms. The van der Waals surface area contributed by atoms with E-state index < -0.39 is 16.5 Å². The van der Waals surface area contributed by atoms with Crippen molar-refractivity contribution in [3.63, 3.8) is 0 Å². The maximum atomic E-state index is 10.7. The third-order valence-electron chi connectivity index (χ3n) is 1.62. The molecule has 1 saturated heterocycles. The maximum absolute atomic E-state index is 10.7. The van der Waals surface area contributed by atoms with Crippen LogP contribution in [0.3, 0.4) is 0 Å². The minimum Gasteiger partial charge on any atom is -0.258 e. The number of aromatic nitrogens is 1. The first-order valence-electron chi connectivity index (χ1n) is 3.66. The number of hydrogen-bond acceptors (Lipinski definition) is 5. The Hall–Kier alpha value is -0.980. The molecule has 6 heteroatoms. The summed E-state index contributed by atoms with van der Waals surface area (Å²) in [7, 11) is -3.78. The van der Waals surface area contributed by atoms with Crippen LogP contribution in [-0.2, 0) is 18.8 Å². The van der Waals surface area contributed by atoms with Gasteiger partial charge in [-0.25, -0.2) is 8.37 Å². The van der Waals surface area contributed by atoms with Crippen molar-refractivity contribution in [1.82, 2.24) is 4.98 Å². The smallest absolute Gasteiger partial charge is 0.258 e. The van der Waals surface area contributed by atoms with Crippen LogP contribution in [0.1, 0.15) is 11.8 Å². The molecular weight excluding hydrogens is 194 g/mol. The minimum absolute atomic E-state index is 0.000648. The molecule has 13 heavy (non-hydrogen) atoms. The van der Waals surface area contributed by atoms with Gasteiger partial charge in [-0.05, 0) is 12.1 Å². The van der Waals surface area contributed by atoms with Crippen LogP contribution in [0.15, 0.2) is 24.4 Å². The van der Waals surface area contributed by atoms with E-state index in [0.29, 0.717) is 5.69 Å². The summed E-state index contributed by atoms with van der Waals surface area (Å²) in [6.45, 7) is -0.000648. The Balaban J connectivity index is 2.22. The van der Waals surface area contributed by atoms with Gasteiger partial charge in [-0.15, -0.1) is 0 Å². The first kappa shape index (κ1) is 8.61. The molecule has 1 aliphatic heterocycles. The van der Waals surface area contributed by atoms with Crippen LogP contribution in [0.25, 0.3) is 0 Å². The van der Waals surface area contributed by atoms with E-state index in [1.807, 2.05) is 0 Å². The zero-order valence-electron chi connectivity index (χ0n) is 6.58. The number of pyridine rings is 1. The fourth-order valence-corrected chi connectivity index (χ4v) is 1.83. The molecule has 0 N–H and O–H groups in total. The molecule has 2 rings (SSSR count). The van der Waals surface area contributed by atoms with Crippen LogP contribution < -0.4 is 0 Å². The summed E-state index contributed by atoms with van der Waals surface area (Å²) in [5.41, 5.74) is 0.559. The lowest BCUT2D eigenvalue weighted by Gasteiger charge is -2.02. The van der Waals surface area contributed by atoms with Crippen molar-refractivity contribution in [2.75, 3.05) is 6.61 Å². The number of rotatable bonds is 1. The number of hydrogen-bond donors (Lipinski definition) is 0. The van der Waals surface area contributed by atoms with Gasteiger partial charge in [0.2, 0.25) is 0 Å². The molecular formula is C7H7NO4S. The monoisotopic (exact) mass is 201 g/mol. The molecule has 2 heterocycles. The summed E-state index contributed by atoms with van der Waals surface area (Å²) < 4.78 is 30.5. The van der Waals surface area contributed by atoms with E-state index in [2.05, 4.69) is 13.4 Å². The van der Waals surface area contributed by atoms with Crippen molar-refractivity contribution in [2.45, 2.75) is 6.10 Å². The highest BCUT2D eigenvalue weighted by molar-refractivity contribution is 7.82. The summed E-state index contributed by atoms with van der Waals surface area (Å²) in [5.74, 6) is 0. The third-order valence-corrected chi connectivity index (χ3v) is 2.51. The van der Waals surface area contributed by atoms with E-state index >= 15 is 0 Å². The molecule has 1 unspecified atom stereocenters. The highest BCUT2D eigenvalue weighted by Crippen LogP contribution is 2.25. The van der Waals surface area contributed by atoms with Gasteiger partial charge < -0.3 is 0 Å². The Morgan fingerprint density at radius 3 is 2.85 bits per heavy atom. The van der Waals surface area contributed by atoms with Gasteiger partial charge in [0.1, 0.15) is 12.7 Å². The topological polar surface area (TPSA) is 65.5 Å². The fourth-order valence-electron chi connectivity index (χ4n) is 1.04. The largest absolute Gasteiger partial charge is 0.400 e. The molecule has 1 aromatic rings. The predicted molar refractivity (Wildman–Crippen MR) is 42.9 cm³/mol. The summed E-state index contributed by atoms with van der Waals surface area (Å²) in [4.78, 5) is 3.96. The normalized spacial score (nSPS) is 26.0. The van der Waals surface area contributed by atoms with Gasteiger partial charge in [0.05, 0.1) is 5.69 Å². The summed E-state index contributed by atoms with van der Waals surface area (Å²) in [6.07, 6.45) is 0.968. The molecule has 1 aromatic heterocycles. The standard InChI is InChI=1S/C7H7NO4S/c9-13(10)11-5-7(12-13)6-3-1-2-4-8-6/h1-4,7H,5H2. The van der Waals surface area contributed by atoms with E-state index in [4.69, 9.17) is 0 Å². The predicted octanol–water partition coefficient (Wildman–Crippen LogP) is 0.414. The van der Waals surface area contributed by atoms with Crippen molar-refractivity contribution >= 4 is 10.4 Å². The average molecular weight is 201 g/mol. The number of nitrogens with zero attached hydrogens (tertiary/aromatic N) is 1. The zero-order valence-corrected chi connectivity index (χ0v) is 7.40. The third kappa shape index (κ3) is 1.85. The molecule has 0 spiro atoms. The molecule has 0 saturated carbocycles. The highest BCUT2D eigenvalue weighted by Gasteiger charge is 2.31. The van der Waals surface area contributed by atoms with Gasteiger partial charge in [0, 0.05) is 6.20 Å². The van der Waals surface area contributed by atoms with Crippen LogP contribution in [0.2, 0.25) is 0 Å². The summed E-state index contributed by atoms with van der Waals surface area (Å²) in [5, 5.41) is 0. The van der Waals surface area contributed by atoms with Crippen molar-refractivity contribution in [1.29, 1.82) is 0 Å². The van der Waals surface area contributed by atoms with Crippen LogP contribution in [-0.4, -0.2) is 20.0 Å². The Morgan fingerprint density at radius 1 is 1.46 bits per heavy atom. The van der Waals surface area contributed by atoms with Gasteiger partial charge in [-0.1, -0.05) is 6.07 Å².